The van der Waals surface area contributed by atoms with Crippen molar-refractivity contribution >= 4 is 0 Å². The lowest BCUT2D eigenvalue weighted by Crippen LogP contribution is -2.38. The molecule has 1 aromatic rings. The van der Waals surface area contributed by atoms with Crippen LogP contribution in [0.1, 0.15) is 37.8 Å². The molecule has 0 radical (unpaired) electrons. The first kappa shape index (κ1) is 12.2. The van der Waals surface area contributed by atoms with Gasteiger partial charge in [0.2, 0.25) is 0 Å². The van der Waals surface area contributed by atoms with Crippen molar-refractivity contribution < 1.29 is 0 Å². The molecule has 1 N–H and O–H groups in total. The molecule has 2 unspecified atom stereocenters. The molecular formula is C16H24N2. The van der Waals surface area contributed by atoms with Crippen LogP contribution in [-0.2, 0) is 0 Å². The molecule has 1 heterocycles. The summed E-state index contributed by atoms with van der Waals surface area (Å²) in [5, 5.41) is 3.70. The van der Waals surface area contributed by atoms with E-state index in [-0.39, 0.29) is 0 Å². The minimum absolute atomic E-state index is 0.509. The molecule has 0 aromatic heterocycles. The van der Waals surface area contributed by atoms with Crippen molar-refractivity contribution in [3.63, 3.8) is 0 Å². The first-order valence-electron chi connectivity index (χ1n) is 7.37. The highest BCUT2D eigenvalue weighted by molar-refractivity contribution is 5.19. The molecule has 2 nitrogen and oxygen atoms in total. The van der Waals surface area contributed by atoms with Crippen molar-refractivity contribution in [3.05, 3.63) is 35.9 Å². The minimum atomic E-state index is 0.509. The van der Waals surface area contributed by atoms with Gasteiger partial charge in [-0.3, -0.25) is 4.90 Å². The van der Waals surface area contributed by atoms with Crippen molar-refractivity contribution in [1.29, 1.82) is 0 Å². The van der Waals surface area contributed by atoms with Gasteiger partial charge in [-0.25, -0.2) is 0 Å². The van der Waals surface area contributed by atoms with Gasteiger partial charge in [0.25, 0.3) is 0 Å². The van der Waals surface area contributed by atoms with Crippen molar-refractivity contribution in [3.8, 4) is 0 Å². The molecule has 2 atom stereocenters. The Hall–Kier alpha value is -0.860. The number of nitrogens with zero attached hydrogens (tertiary/aromatic N) is 1. The predicted molar refractivity (Wildman–Crippen MR) is 75.6 cm³/mol. The average Bonchev–Trinajstić information content (AvgIpc) is 3.25. The van der Waals surface area contributed by atoms with Crippen molar-refractivity contribution in [1.82, 2.24) is 10.2 Å². The average molecular weight is 244 g/mol. The number of nitrogens with one attached hydrogen (secondary N) is 1. The zero-order chi connectivity index (χ0) is 12.4. The first-order chi connectivity index (χ1) is 8.84. The van der Waals surface area contributed by atoms with Gasteiger partial charge in [-0.15, -0.1) is 0 Å². The topological polar surface area (TPSA) is 15.3 Å². The maximum Gasteiger partial charge on any atom is 0.0449 e. The molecule has 3 rings (SSSR count). The summed E-state index contributed by atoms with van der Waals surface area (Å²) in [6, 6.07) is 12.2. The second-order valence-electron chi connectivity index (χ2n) is 5.84. The SMILES string of the molecule is CC(C1CC1)N1CCCNC(c2ccccc2)C1. The lowest BCUT2D eigenvalue weighted by molar-refractivity contribution is 0.187. The van der Waals surface area contributed by atoms with E-state index in [0.717, 1.165) is 18.5 Å². The highest BCUT2D eigenvalue weighted by Gasteiger charge is 2.33. The molecule has 0 spiro atoms. The van der Waals surface area contributed by atoms with Gasteiger partial charge in [0.1, 0.15) is 0 Å². The minimum Gasteiger partial charge on any atom is -0.309 e. The van der Waals surface area contributed by atoms with Gasteiger partial charge >= 0.3 is 0 Å². The van der Waals surface area contributed by atoms with Gasteiger partial charge in [0.05, 0.1) is 0 Å². The quantitative estimate of drug-likeness (QED) is 0.879. The number of rotatable bonds is 3. The fourth-order valence-corrected chi connectivity index (χ4v) is 3.10. The maximum absolute atomic E-state index is 3.70. The molecule has 2 heteroatoms. The van der Waals surface area contributed by atoms with Crippen molar-refractivity contribution in [2.24, 2.45) is 5.92 Å². The summed E-state index contributed by atoms with van der Waals surface area (Å²) >= 11 is 0. The summed E-state index contributed by atoms with van der Waals surface area (Å²) in [5.74, 6) is 0.972. The standard InChI is InChI=1S/C16H24N2/c1-13(14-8-9-14)18-11-5-10-17-16(12-18)15-6-3-2-4-7-15/h2-4,6-7,13-14,16-17H,5,8-12H2,1H3. The highest BCUT2D eigenvalue weighted by Crippen LogP contribution is 2.36. The summed E-state index contributed by atoms with van der Waals surface area (Å²) in [6.07, 6.45) is 4.17. The molecule has 18 heavy (non-hydrogen) atoms. The van der Waals surface area contributed by atoms with E-state index < -0.39 is 0 Å². The molecule has 1 saturated carbocycles. The molecule has 2 aliphatic rings. The monoisotopic (exact) mass is 244 g/mol. The summed E-state index contributed by atoms with van der Waals surface area (Å²) in [6.45, 7) is 5.99. The Morgan fingerprint density at radius 1 is 1.22 bits per heavy atom. The Balaban J connectivity index is 1.70. The Bertz CT molecular complexity index is 372. The maximum atomic E-state index is 3.70. The van der Waals surface area contributed by atoms with Gasteiger partial charge in [-0.1, -0.05) is 30.3 Å². The third-order valence-corrected chi connectivity index (χ3v) is 4.51. The fraction of sp³-hybridized carbons (Fsp3) is 0.625. The molecule has 1 aromatic carbocycles. The summed E-state index contributed by atoms with van der Waals surface area (Å²) in [5.41, 5.74) is 1.44. The molecular weight excluding hydrogens is 220 g/mol. The van der Waals surface area contributed by atoms with Crippen LogP contribution in [0.15, 0.2) is 30.3 Å². The first-order valence-corrected chi connectivity index (χ1v) is 7.37. The van der Waals surface area contributed by atoms with E-state index in [2.05, 4.69) is 47.5 Å². The highest BCUT2D eigenvalue weighted by atomic mass is 15.2. The second kappa shape index (κ2) is 5.41. The Labute approximate surface area is 110 Å². The third kappa shape index (κ3) is 2.76. The summed E-state index contributed by atoms with van der Waals surface area (Å²) in [4.78, 5) is 2.70. The van der Waals surface area contributed by atoms with Crippen molar-refractivity contribution in [2.45, 2.75) is 38.3 Å². The Morgan fingerprint density at radius 3 is 2.72 bits per heavy atom. The Morgan fingerprint density at radius 2 is 2.00 bits per heavy atom. The smallest absolute Gasteiger partial charge is 0.0449 e. The molecule has 0 bridgehead atoms. The van der Waals surface area contributed by atoms with Crippen LogP contribution in [0.4, 0.5) is 0 Å². The van der Waals surface area contributed by atoms with E-state index in [1.54, 1.807) is 0 Å². The van der Waals surface area contributed by atoms with E-state index in [1.807, 2.05) is 0 Å². The van der Waals surface area contributed by atoms with Crippen molar-refractivity contribution in [2.75, 3.05) is 19.6 Å². The van der Waals surface area contributed by atoms with Crippen LogP contribution >= 0.6 is 0 Å². The largest absolute Gasteiger partial charge is 0.309 e. The van der Waals surface area contributed by atoms with Crippen LogP contribution in [0.25, 0.3) is 0 Å². The van der Waals surface area contributed by atoms with E-state index >= 15 is 0 Å². The van der Waals surface area contributed by atoms with Gasteiger partial charge in [-0.2, -0.15) is 0 Å². The molecule has 0 amide bonds. The van der Waals surface area contributed by atoms with E-state index in [9.17, 15) is 0 Å². The normalized spacial score (nSPS) is 27.7. The van der Waals surface area contributed by atoms with Crippen LogP contribution in [0.3, 0.4) is 0 Å². The summed E-state index contributed by atoms with van der Waals surface area (Å²) < 4.78 is 0. The van der Waals surface area contributed by atoms with Gasteiger partial charge < -0.3 is 5.32 Å². The van der Waals surface area contributed by atoms with Crippen LogP contribution in [0, 0.1) is 5.92 Å². The summed E-state index contributed by atoms with van der Waals surface area (Å²) in [7, 11) is 0. The van der Waals surface area contributed by atoms with Crippen LogP contribution in [0.5, 0.6) is 0 Å². The molecule has 98 valence electrons. The third-order valence-electron chi connectivity index (χ3n) is 4.51. The molecule has 1 saturated heterocycles. The zero-order valence-electron chi connectivity index (χ0n) is 11.3. The van der Waals surface area contributed by atoms with Crippen LogP contribution in [-0.4, -0.2) is 30.6 Å². The zero-order valence-corrected chi connectivity index (χ0v) is 11.3. The fourth-order valence-electron chi connectivity index (χ4n) is 3.10. The van der Waals surface area contributed by atoms with Gasteiger partial charge in [0.15, 0.2) is 0 Å². The van der Waals surface area contributed by atoms with Crippen LogP contribution in [0.2, 0.25) is 0 Å². The van der Waals surface area contributed by atoms with E-state index in [0.29, 0.717) is 6.04 Å². The lowest BCUT2D eigenvalue weighted by atomic mass is 10.1. The number of hydrogen-bond donors (Lipinski definition) is 1. The van der Waals surface area contributed by atoms with Gasteiger partial charge in [0, 0.05) is 18.6 Å². The lowest BCUT2D eigenvalue weighted by Gasteiger charge is -2.30. The van der Waals surface area contributed by atoms with Gasteiger partial charge in [-0.05, 0) is 50.8 Å². The number of benzene rings is 1. The van der Waals surface area contributed by atoms with Crippen LogP contribution < -0.4 is 5.32 Å². The van der Waals surface area contributed by atoms with E-state index in [4.69, 9.17) is 0 Å². The Kier molecular flexibility index (Phi) is 3.67. The molecule has 2 fully saturated rings. The molecule has 1 aliphatic carbocycles. The second-order valence-corrected chi connectivity index (χ2v) is 5.84. The van der Waals surface area contributed by atoms with E-state index in [1.165, 1.54) is 37.9 Å². The number of hydrogen-bond acceptors (Lipinski definition) is 2. The predicted octanol–water partition coefficient (Wildman–Crippen LogP) is 2.82. The molecule has 1 aliphatic heterocycles.